The number of ether oxygens (including phenoxy) is 1. The van der Waals surface area contributed by atoms with Crippen LogP contribution in [0.4, 0.5) is 0 Å². The van der Waals surface area contributed by atoms with Gasteiger partial charge in [-0.25, -0.2) is 0 Å². The fraction of sp³-hybridized carbons (Fsp3) is 0.972. The summed E-state index contributed by atoms with van der Waals surface area (Å²) in [6.07, 6.45) is 43.1. The molecule has 229 valence electrons. The molecule has 0 aromatic rings. The van der Waals surface area contributed by atoms with Crippen LogP contribution in [0, 0.1) is 0 Å². The predicted octanol–water partition coefficient (Wildman–Crippen LogP) is 12.7. The van der Waals surface area contributed by atoms with E-state index in [0.29, 0.717) is 13.0 Å². The zero-order valence-electron chi connectivity index (χ0n) is 27.7. The van der Waals surface area contributed by atoms with Crippen LogP contribution in [-0.4, -0.2) is 42.1 Å². The Bertz CT molecular complexity index is 440. The van der Waals surface area contributed by atoms with Crippen LogP contribution in [0.2, 0.25) is 0 Å². The van der Waals surface area contributed by atoms with Gasteiger partial charge in [-0.05, 0) is 12.8 Å². The van der Waals surface area contributed by atoms with E-state index in [1.165, 1.54) is 186 Å². The van der Waals surface area contributed by atoms with Crippen molar-refractivity contribution in [3.63, 3.8) is 0 Å². The average molecular weight is 560 g/mol. The third-order valence-corrected chi connectivity index (χ3v) is 8.25. The summed E-state index contributed by atoms with van der Waals surface area (Å²) in [5.41, 5.74) is 0. The molecule has 0 fully saturated rings. The summed E-state index contributed by atoms with van der Waals surface area (Å²) < 4.78 is 5.44. The van der Waals surface area contributed by atoms with Crippen molar-refractivity contribution in [3.8, 4) is 0 Å². The summed E-state index contributed by atoms with van der Waals surface area (Å²) in [7, 11) is 0. The predicted molar refractivity (Wildman–Crippen MR) is 176 cm³/mol. The van der Waals surface area contributed by atoms with E-state index in [4.69, 9.17) is 4.74 Å². The maximum Gasteiger partial charge on any atom is 0.305 e. The van der Waals surface area contributed by atoms with Crippen molar-refractivity contribution in [2.45, 2.75) is 219 Å². The molecule has 0 saturated carbocycles. The number of hydrogen-bond donors (Lipinski definition) is 0. The molecule has 0 heterocycles. The fourth-order valence-electron chi connectivity index (χ4n) is 5.55. The first-order valence-electron chi connectivity index (χ1n) is 18.0. The molecule has 0 bridgehead atoms. The van der Waals surface area contributed by atoms with Gasteiger partial charge in [0.15, 0.2) is 0 Å². The molecule has 0 aliphatic rings. The monoisotopic (exact) mass is 560 g/mol. The van der Waals surface area contributed by atoms with Gasteiger partial charge in [0, 0.05) is 36.0 Å². The van der Waals surface area contributed by atoms with Gasteiger partial charge >= 0.3 is 5.97 Å². The minimum absolute atomic E-state index is 0. The molecule has 1 radical (unpaired) electrons. The Kier molecular flexibility index (Phi) is 41.0. The molecule has 3 heteroatoms. The van der Waals surface area contributed by atoms with Crippen molar-refractivity contribution in [3.05, 3.63) is 0 Å². The summed E-state index contributed by atoms with van der Waals surface area (Å²) >= 11 is 0. The van der Waals surface area contributed by atoms with Crippen molar-refractivity contribution >= 4 is 35.5 Å². The zero-order valence-corrected chi connectivity index (χ0v) is 29.7. The molecule has 0 spiro atoms. The maximum absolute atomic E-state index is 11.9. The first kappa shape index (κ1) is 41.6. The van der Waals surface area contributed by atoms with Crippen LogP contribution in [0.5, 0.6) is 0 Å². The molecule has 0 N–H and O–H groups in total. The van der Waals surface area contributed by atoms with Gasteiger partial charge in [0.05, 0.1) is 6.61 Å². The van der Waals surface area contributed by atoms with Crippen molar-refractivity contribution < 1.29 is 9.53 Å². The van der Waals surface area contributed by atoms with Gasteiger partial charge in [-0.2, -0.15) is 0 Å². The number of unbranched alkanes of at least 4 members (excludes halogenated alkanes) is 29. The van der Waals surface area contributed by atoms with E-state index in [1.807, 2.05) is 0 Å². The molecular formula is C36H72NaO2. The van der Waals surface area contributed by atoms with Crippen LogP contribution in [-0.2, 0) is 9.53 Å². The van der Waals surface area contributed by atoms with E-state index >= 15 is 0 Å². The van der Waals surface area contributed by atoms with Crippen molar-refractivity contribution in [2.24, 2.45) is 0 Å². The number of carbonyl (C=O) groups excluding carboxylic acids is 1. The molecule has 0 amide bonds. The number of esters is 1. The van der Waals surface area contributed by atoms with Crippen molar-refractivity contribution in [2.75, 3.05) is 6.61 Å². The Balaban J connectivity index is 0. The molecule has 2 nitrogen and oxygen atoms in total. The van der Waals surface area contributed by atoms with E-state index in [9.17, 15) is 4.79 Å². The smallest absolute Gasteiger partial charge is 0.305 e. The SMILES string of the molecule is CCCCCCCCCCCCCCCCCCOC(=O)CCCCCCCCCCCCCCCCC.[Na]. The van der Waals surface area contributed by atoms with Gasteiger partial charge in [0.25, 0.3) is 0 Å². The minimum Gasteiger partial charge on any atom is -0.466 e. The average Bonchev–Trinajstić information content (AvgIpc) is 2.92. The van der Waals surface area contributed by atoms with Crippen LogP contribution in [0.15, 0.2) is 0 Å². The van der Waals surface area contributed by atoms with Crippen molar-refractivity contribution in [1.29, 1.82) is 0 Å². The minimum atomic E-state index is 0. The summed E-state index contributed by atoms with van der Waals surface area (Å²) in [6.45, 7) is 5.22. The van der Waals surface area contributed by atoms with E-state index < -0.39 is 0 Å². The first-order chi connectivity index (χ1) is 18.8. The number of carbonyl (C=O) groups is 1. The van der Waals surface area contributed by atoms with E-state index in [1.54, 1.807) is 0 Å². The van der Waals surface area contributed by atoms with Crippen LogP contribution in [0.3, 0.4) is 0 Å². The molecule has 0 rings (SSSR count). The maximum atomic E-state index is 11.9. The molecule has 0 atom stereocenters. The molecule has 0 aliphatic carbocycles. The third kappa shape index (κ3) is 38.5. The Morgan fingerprint density at radius 2 is 0.590 bits per heavy atom. The third-order valence-electron chi connectivity index (χ3n) is 8.25. The molecule has 39 heavy (non-hydrogen) atoms. The topological polar surface area (TPSA) is 26.3 Å². The van der Waals surface area contributed by atoms with Crippen LogP contribution < -0.4 is 0 Å². The van der Waals surface area contributed by atoms with Crippen molar-refractivity contribution in [1.82, 2.24) is 0 Å². The quantitative estimate of drug-likeness (QED) is 0.0454. The molecule has 0 saturated heterocycles. The fourth-order valence-corrected chi connectivity index (χ4v) is 5.55. The van der Waals surface area contributed by atoms with Gasteiger partial charge in [-0.3, -0.25) is 4.79 Å². The van der Waals surface area contributed by atoms with E-state index in [2.05, 4.69) is 13.8 Å². The molecular weight excluding hydrogens is 487 g/mol. The van der Waals surface area contributed by atoms with Crippen LogP contribution >= 0.6 is 0 Å². The largest absolute Gasteiger partial charge is 0.466 e. The Morgan fingerprint density at radius 3 is 0.872 bits per heavy atom. The Labute approximate surface area is 269 Å². The molecule has 0 unspecified atom stereocenters. The van der Waals surface area contributed by atoms with Crippen LogP contribution in [0.1, 0.15) is 219 Å². The molecule has 0 aromatic carbocycles. The number of rotatable bonds is 33. The molecule has 0 aromatic heterocycles. The Morgan fingerprint density at radius 1 is 0.359 bits per heavy atom. The first-order valence-corrected chi connectivity index (χ1v) is 18.0. The summed E-state index contributed by atoms with van der Waals surface area (Å²) in [5, 5.41) is 0. The second-order valence-electron chi connectivity index (χ2n) is 12.2. The van der Waals surface area contributed by atoms with E-state index in [-0.39, 0.29) is 35.5 Å². The summed E-state index contributed by atoms with van der Waals surface area (Å²) in [6, 6.07) is 0. The second kappa shape index (κ2) is 38.5. The van der Waals surface area contributed by atoms with Crippen LogP contribution in [0.25, 0.3) is 0 Å². The van der Waals surface area contributed by atoms with Gasteiger partial charge in [-0.1, -0.05) is 200 Å². The van der Waals surface area contributed by atoms with E-state index in [0.717, 1.165) is 12.8 Å². The van der Waals surface area contributed by atoms with Gasteiger partial charge in [0.2, 0.25) is 0 Å². The zero-order chi connectivity index (χ0) is 27.6. The summed E-state index contributed by atoms with van der Waals surface area (Å²) in [5.74, 6) is 0.0284. The van der Waals surface area contributed by atoms with Gasteiger partial charge in [-0.15, -0.1) is 0 Å². The van der Waals surface area contributed by atoms with Gasteiger partial charge < -0.3 is 4.74 Å². The Hall–Kier alpha value is 0.470. The molecule has 0 aliphatic heterocycles. The second-order valence-corrected chi connectivity index (χ2v) is 12.2. The number of hydrogen-bond acceptors (Lipinski definition) is 2. The summed E-state index contributed by atoms with van der Waals surface area (Å²) in [4.78, 5) is 11.9. The van der Waals surface area contributed by atoms with Gasteiger partial charge in [0.1, 0.15) is 0 Å². The normalized spacial score (nSPS) is 11.0. The standard InChI is InChI=1S/C36H72O2.Na/c1-3-5-7-9-11-13-15-17-19-21-23-25-27-29-31-33-35-38-36(37)34-32-30-28-26-24-22-20-18-16-14-12-10-8-6-4-2;/h3-35H2,1-2H3;.